The summed E-state index contributed by atoms with van der Waals surface area (Å²) in [5.74, 6) is 0.408. The van der Waals surface area contributed by atoms with E-state index in [0.717, 1.165) is 0 Å². The number of halogens is 1. The van der Waals surface area contributed by atoms with Gasteiger partial charge in [-0.1, -0.05) is 0 Å². The number of benzene rings is 1. The first kappa shape index (κ1) is 14.2. The number of aliphatic hydroxyl groups is 1. The monoisotopic (exact) mass is 277 g/mol. The van der Waals surface area contributed by atoms with Crippen molar-refractivity contribution in [3.05, 3.63) is 36.1 Å². The number of aliphatic hydroxyl groups excluding tert-OH is 1. The van der Waals surface area contributed by atoms with E-state index < -0.39 is 5.82 Å². The molecule has 1 aromatic carbocycles. The lowest BCUT2D eigenvalue weighted by molar-refractivity contribution is 0.303. The Bertz CT molecular complexity index is 575. The van der Waals surface area contributed by atoms with E-state index in [-0.39, 0.29) is 12.4 Å². The predicted octanol–water partition coefficient (Wildman–Crippen LogP) is 1.72. The van der Waals surface area contributed by atoms with E-state index in [4.69, 9.17) is 9.84 Å². The number of likely N-dealkylation sites (N-methyl/N-ethyl adjacent to an activating group) is 1. The molecule has 0 unspecified atom stereocenters. The van der Waals surface area contributed by atoms with Crippen molar-refractivity contribution >= 4 is 5.82 Å². The Morgan fingerprint density at radius 1 is 1.25 bits per heavy atom. The fraction of sp³-hybridized carbons (Fsp3) is 0.286. The molecule has 0 spiro atoms. The second-order valence-corrected chi connectivity index (χ2v) is 4.27. The third-order valence-corrected chi connectivity index (χ3v) is 2.92. The Balaban J connectivity index is 2.23. The van der Waals surface area contributed by atoms with Gasteiger partial charge in [-0.05, 0) is 30.3 Å². The van der Waals surface area contributed by atoms with E-state index in [1.165, 1.54) is 13.2 Å². The summed E-state index contributed by atoms with van der Waals surface area (Å²) >= 11 is 0. The van der Waals surface area contributed by atoms with Crippen LogP contribution in [0.3, 0.4) is 0 Å². The van der Waals surface area contributed by atoms with Gasteiger partial charge in [0.15, 0.2) is 17.4 Å². The molecular formula is C14H16FN3O2. The molecule has 2 rings (SSSR count). The maximum absolute atomic E-state index is 13.6. The van der Waals surface area contributed by atoms with Crippen molar-refractivity contribution in [2.75, 3.05) is 32.2 Å². The van der Waals surface area contributed by atoms with Gasteiger partial charge >= 0.3 is 0 Å². The summed E-state index contributed by atoms with van der Waals surface area (Å²) in [5, 5.41) is 17.0. The van der Waals surface area contributed by atoms with Crippen molar-refractivity contribution in [3.63, 3.8) is 0 Å². The molecule has 106 valence electrons. The van der Waals surface area contributed by atoms with Crippen LogP contribution < -0.4 is 9.64 Å². The topological polar surface area (TPSA) is 58.5 Å². The number of ether oxygens (including phenoxy) is 1. The second kappa shape index (κ2) is 6.29. The lowest BCUT2D eigenvalue weighted by Crippen LogP contribution is -2.22. The molecule has 5 nitrogen and oxygen atoms in total. The van der Waals surface area contributed by atoms with Gasteiger partial charge in [0.2, 0.25) is 0 Å². The number of methoxy groups -OCH3 is 1. The molecular weight excluding hydrogens is 261 g/mol. The zero-order valence-electron chi connectivity index (χ0n) is 11.4. The minimum atomic E-state index is -0.437. The lowest BCUT2D eigenvalue weighted by atomic mass is 10.1. The van der Waals surface area contributed by atoms with Crippen molar-refractivity contribution in [2.24, 2.45) is 0 Å². The molecule has 2 aromatic rings. The van der Waals surface area contributed by atoms with E-state index in [1.54, 1.807) is 29.2 Å². The zero-order chi connectivity index (χ0) is 14.5. The van der Waals surface area contributed by atoms with Crippen LogP contribution in [-0.2, 0) is 0 Å². The smallest absolute Gasteiger partial charge is 0.165 e. The van der Waals surface area contributed by atoms with Gasteiger partial charge in [-0.3, -0.25) is 0 Å². The van der Waals surface area contributed by atoms with Gasteiger partial charge in [0.25, 0.3) is 0 Å². The van der Waals surface area contributed by atoms with Crippen LogP contribution in [0.25, 0.3) is 11.3 Å². The molecule has 1 N–H and O–H groups in total. The quantitative estimate of drug-likeness (QED) is 0.901. The maximum Gasteiger partial charge on any atom is 0.165 e. The molecule has 0 bridgehead atoms. The van der Waals surface area contributed by atoms with Crippen molar-refractivity contribution in [1.82, 2.24) is 10.2 Å². The van der Waals surface area contributed by atoms with E-state index >= 15 is 0 Å². The van der Waals surface area contributed by atoms with Crippen LogP contribution in [0.2, 0.25) is 0 Å². The van der Waals surface area contributed by atoms with Crippen LogP contribution in [0.15, 0.2) is 30.3 Å². The van der Waals surface area contributed by atoms with Crippen LogP contribution in [0.1, 0.15) is 0 Å². The molecule has 0 amide bonds. The van der Waals surface area contributed by atoms with Gasteiger partial charge in [0.1, 0.15) is 0 Å². The largest absolute Gasteiger partial charge is 0.494 e. The van der Waals surface area contributed by atoms with Crippen LogP contribution in [0.4, 0.5) is 10.2 Å². The molecule has 0 aliphatic carbocycles. The van der Waals surface area contributed by atoms with Gasteiger partial charge in [-0.25, -0.2) is 4.39 Å². The van der Waals surface area contributed by atoms with E-state index in [1.807, 2.05) is 7.05 Å². The van der Waals surface area contributed by atoms with Crippen molar-refractivity contribution in [1.29, 1.82) is 0 Å². The highest BCUT2D eigenvalue weighted by Gasteiger charge is 2.08. The van der Waals surface area contributed by atoms with Crippen LogP contribution in [0.5, 0.6) is 5.75 Å². The molecule has 0 aliphatic rings. The minimum Gasteiger partial charge on any atom is -0.494 e. The van der Waals surface area contributed by atoms with Crippen LogP contribution in [0, 0.1) is 5.82 Å². The number of nitrogens with zero attached hydrogens (tertiary/aromatic N) is 3. The molecule has 6 heteroatoms. The summed E-state index contributed by atoms with van der Waals surface area (Å²) in [6.45, 7) is 0.523. The highest BCUT2D eigenvalue weighted by Crippen LogP contribution is 2.24. The van der Waals surface area contributed by atoms with E-state index in [9.17, 15) is 4.39 Å². The summed E-state index contributed by atoms with van der Waals surface area (Å²) in [4.78, 5) is 1.78. The molecule has 0 saturated carbocycles. The summed E-state index contributed by atoms with van der Waals surface area (Å²) in [7, 11) is 3.23. The van der Waals surface area contributed by atoms with Crippen LogP contribution in [-0.4, -0.2) is 42.6 Å². The Labute approximate surface area is 116 Å². The molecule has 0 radical (unpaired) electrons. The normalized spacial score (nSPS) is 10.4. The second-order valence-electron chi connectivity index (χ2n) is 4.27. The van der Waals surface area contributed by atoms with E-state index in [0.29, 0.717) is 23.6 Å². The van der Waals surface area contributed by atoms with Crippen molar-refractivity contribution < 1.29 is 14.2 Å². The average molecular weight is 277 g/mol. The number of rotatable bonds is 5. The molecule has 20 heavy (non-hydrogen) atoms. The summed E-state index contributed by atoms with van der Waals surface area (Å²) in [6.07, 6.45) is 0. The molecule has 1 aromatic heterocycles. The molecule has 0 aliphatic heterocycles. The molecule has 0 fully saturated rings. The summed E-state index contributed by atoms with van der Waals surface area (Å²) in [5.41, 5.74) is 1.21. The highest BCUT2D eigenvalue weighted by atomic mass is 19.1. The fourth-order valence-electron chi connectivity index (χ4n) is 1.77. The van der Waals surface area contributed by atoms with Gasteiger partial charge in [0.05, 0.1) is 19.4 Å². The lowest BCUT2D eigenvalue weighted by Gasteiger charge is -2.15. The Kier molecular flexibility index (Phi) is 4.47. The van der Waals surface area contributed by atoms with Gasteiger partial charge in [-0.15, -0.1) is 10.2 Å². The molecule has 1 heterocycles. The van der Waals surface area contributed by atoms with Gasteiger partial charge < -0.3 is 14.7 Å². The van der Waals surface area contributed by atoms with Crippen molar-refractivity contribution in [3.8, 4) is 17.0 Å². The fourth-order valence-corrected chi connectivity index (χ4v) is 1.77. The Morgan fingerprint density at radius 3 is 2.60 bits per heavy atom. The Morgan fingerprint density at radius 2 is 2.05 bits per heavy atom. The van der Waals surface area contributed by atoms with Gasteiger partial charge in [0, 0.05) is 19.2 Å². The third-order valence-electron chi connectivity index (χ3n) is 2.92. The van der Waals surface area contributed by atoms with E-state index in [2.05, 4.69) is 10.2 Å². The van der Waals surface area contributed by atoms with Crippen LogP contribution >= 0.6 is 0 Å². The minimum absolute atomic E-state index is 0.0453. The molecule has 0 atom stereocenters. The third kappa shape index (κ3) is 3.03. The number of aromatic nitrogens is 2. The summed E-state index contributed by atoms with van der Waals surface area (Å²) in [6, 6.07) is 8.18. The SMILES string of the molecule is COc1ccc(-c2ccc(N(C)CCO)nn2)cc1F. The zero-order valence-corrected chi connectivity index (χ0v) is 11.4. The van der Waals surface area contributed by atoms with Crippen molar-refractivity contribution in [2.45, 2.75) is 0 Å². The predicted molar refractivity (Wildman–Crippen MR) is 74.3 cm³/mol. The summed E-state index contributed by atoms with van der Waals surface area (Å²) < 4.78 is 18.5. The average Bonchev–Trinajstić information content (AvgIpc) is 2.47. The maximum atomic E-state index is 13.6. The first-order valence-electron chi connectivity index (χ1n) is 6.15. The molecule has 0 saturated heterocycles. The first-order valence-corrected chi connectivity index (χ1v) is 6.15. The van der Waals surface area contributed by atoms with Gasteiger partial charge in [-0.2, -0.15) is 0 Å². The Hall–Kier alpha value is -2.21. The standard InChI is InChI=1S/C14H16FN3O2/c1-18(7-8-19)14-6-4-12(16-17-14)10-3-5-13(20-2)11(15)9-10/h3-6,9,19H,7-8H2,1-2H3. The number of hydrogen-bond acceptors (Lipinski definition) is 5. The number of hydrogen-bond donors (Lipinski definition) is 1. The highest BCUT2D eigenvalue weighted by molar-refractivity contribution is 5.61. The first-order chi connectivity index (χ1) is 9.65. The number of anilines is 1.